The molecule has 0 spiro atoms. The van der Waals surface area contributed by atoms with E-state index in [9.17, 15) is 14.4 Å². The third kappa shape index (κ3) is 7.62. The van der Waals surface area contributed by atoms with E-state index in [2.05, 4.69) is 103 Å². The zero-order valence-electron chi connectivity index (χ0n) is 36.3. The first kappa shape index (κ1) is 41.0. The molecule has 8 atom stereocenters. The number of carbonyl (C=O) groups is 3. The highest BCUT2D eigenvalue weighted by molar-refractivity contribution is 7.10. The zero-order chi connectivity index (χ0) is 42.2. The predicted molar refractivity (Wildman–Crippen MR) is 233 cm³/mol. The van der Waals surface area contributed by atoms with Gasteiger partial charge in [-0.2, -0.15) is 0 Å². The van der Waals surface area contributed by atoms with Crippen LogP contribution in [0.5, 0.6) is 0 Å². The Labute approximate surface area is 357 Å². The quantitative estimate of drug-likeness (QED) is 0.223. The third-order valence-electron chi connectivity index (χ3n) is 14.1. The lowest BCUT2D eigenvalue weighted by molar-refractivity contribution is -0.156. The van der Waals surface area contributed by atoms with Gasteiger partial charge in [-0.25, -0.2) is 10.4 Å². The predicted octanol–water partition coefficient (Wildman–Crippen LogP) is 5.71. The molecule has 6 bridgehead atoms. The van der Waals surface area contributed by atoms with Crippen molar-refractivity contribution in [2.45, 2.75) is 85.5 Å². The molecule has 0 radical (unpaired) electrons. The van der Waals surface area contributed by atoms with E-state index in [1.54, 1.807) is 12.1 Å². The van der Waals surface area contributed by atoms with Gasteiger partial charge >= 0.3 is 5.97 Å². The number of anilines is 1. The number of fused-ring (bicyclic) bond motifs is 8. The number of cyclic esters (lactones) is 1. The number of hydrogen-bond acceptors (Lipinski definition) is 11. The fourth-order valence-electron chi connectivity index (χ4n) is 9.94. The highest BCUT2D eigenvalue weighted by atomic mass is 32.1. The molecule has 13 nitrogen and oxygen atoms in total. The summed E-state index contributed by atoms with van der Waals surface area (Å²) in [6.45, 7) is 17.9. The zero-order valence-corrected chi connectivity index (χ0v) is 37.1. The summed E-state index contributed by atoms with van der Waals surface area (Å²) in [6.07, 6.45) is 3.46. The van der Waals surface area contributed by atoms with Crippen molar-refractivity contribution in [1.82, 2.24) is 35.2 Å². The Morgan fingerprint density at radius 1 is 1.13 bits per heavy atom. The standard InChI is InChI=1S/C46H60N8O5S/c1-9-53-37-11-10-28-16-32(37)34(42(53)33-18-30(21-47-40(33)27(4)58-8)52-14-12-51(7)13-15-52)20-46(5,6)24-59-45(57)41-31-17-29(31)22-54(50-41)44(56)35(19-38-48-36(28)23-60-38)49-43(55)39-25(2)26(39)3/h10-11,16,18,21,23,25-27,29,31,35,39,41,50H,9,12-15,17,19-20,22,24H2,1-8H3,(H,49,55)/t25-,26+,27-,29+,31+,35-,39?,41-/m0/s1. The summed E-state index contributed by atoms with van der Waals surface area (Å²) < 4.78 is 14.6. The summed E-state index contributed by atoms with van der Waals surface area (Å²) in [4.78, 5) is 57.0. The van der Waals surface area contributed by atoms with Gasteiger partial charge < -0.3 is 29.2 Å². The first-order valence-electron chi connectivity index (χ1n) is 21.9. The fraction of sp³-hybridized carbons (Fsp3) is 0.587. The Hall–Kier alpha value is -4.37. The van der Waals surface area contributed by atoms with E-state index in [0.29, 0.717) is 13.0 Å². The van der Waals surface area contributed by atoms with Crippen LogP contribution in [0.15, 0.2) is 35.8 Å². The second kappa shape index (κ2) is 15.8. The average Bonchev–Trinajstić information content (AvgIpc) is 4.04. The third-order valence-corrected chi connectivity index (χ3v) is 15.0. The number of hydrazine groups is 1. The number of aryl methyl sites for hydroxylation is 1. The maximum Gasteiger partial charge on any atom is 0.325 e. The largest absolute Gasteiger partial charge is 0.464 e. The van der Waals surface area contributed by atoms with Gasteiger partial charge in [-0.05, 0) is 81.2 Å². The topological polar surface area (TPSA) is 134 Å². The normalized spacial score (nSPS) is 28.5. The van der Waals surface area contributed by atoms with Crippen LogP contribution in [0.3, 0.4) is 0 Å². The number of nitrogens with one attached hydrogen (secondary N) is 2. The second-order valence-corrected chi connectivity index (χ2v) is 19.8. The lowest BCUT2D eigenvalue weighted by Gasteiger charge is -2.35. The van der Waals surface area contributed by atoms with Crippen molar-refractivity contribution in [1.29, 1.82) is 0 Å². The maximum atomic E-state index is 14.4. The van der Waals surface area contributed by atoms with Gasteiger partial charge in [0.2, 0.25) is 5.91 Å². The first-order valence-corrected chi connectivity index (χ1v) is 22.7. The van der Waals surface area contributed by atoms with Crippen molar-refractivity contribution in [3.63, 3.8) is 0 Å². The van der Waals surface area contributed by atoms with Crippen LogP contribution >= 0.6 is 11.3 Å². The molecule has 14 heteroatoms. The summed E-state index contributed by atoms with van der Waals surface area (Å²) in [5.41, 5.74) is 11.0. The molecule has 2 saturated carbocycles. The summed E-state index contributed by atoms with van der Waals surface area (Å²) in [6, 6.07) is 7.40. The van der Waals surface area contributed by atoms with E-state index in [-0.39, 0.29) is 66.5 Å². The molecule has 4 fully saturated rings. The minimum atomic E-state index is -0.831. The molecule has 5 aliphatic rings. The van der Waals surface area contributed by atoms with E-state index in [4.69, 9.17) is 19.4 Å². The number of nitrogens with zero attached hydrogens (tertiary/aromatic N) is 6. The van der Waals surface area contributed by atoms with Crippen LogP contribution in [0.1, 0.15) is 70.3 Å². The van der Waals surface area contributed by atoms with Crippen molar-refractivity contribution in [2.75, 3.05) is 58.4 Å². The Kier molecular flexibility index (Phi) is 10.8. The first-order chi connectivity index (χ1) is 28.7. The van der Waals surface area contributed by atoms with Gasteiger partial charge in [0, 0.05) is 91.5 Å². The van der Waals surface area contributed by atoms with Gasteiger partial charge in [0.25, 0.3) is 5.91 Å². The van der Waals surface area contributed by atoms with Crippen LogP contribution in [0.25, 0.3) is 33.4 Å². The molecule has 9 rings (SSSR count). The lowest BCUT2D eigenvalue weighted by Crippen LogP contribution is -2.61. The number of rotatable bonds is 7. The minimum Gasteiger partial charge on any atom is -0.464 e. The van der Waals surface area contributed by atoms with Crippen LogP contribution in [0, 0.1) is 35.0 Å². The van der Waals surface area contributed by atoms with E-state index in [1.165, 1.54) is 11.3 Å². The fourth-order valence-corrected chi connectivity index (χ4v) is 10.8. The van der Waals surface area contributed by atoms with Gasteiger partial charge in [0.05, 0.1) is 46.7 Å². The molecule has 2 amide bonds. The number of ether oxygens (including phenoxy) is 2. The molecule has 60 heavy (non-hydrogen) atoms. The van der Waals surface area contributed by atoms with Gasteiger partial charge in [0.15, 0.2) is 0 Å². The SMILES string of the molecule is CCn1c(-c2cc(N3CCN(C)CC3)cnc2[C@H](C)OC)c2c3cc(ccc31)-c1csc(n1)C[C@H](NC(=O)C1[C@@H](C)[C@H]1C)C(=O)N1C[C@H]3C[C@H]3[C@H](N1)C(=O)OCC(C)(C)C2. The molecule has 2 saturated heterocycles. The number of hydrogen-bond donors (Lipinski definition) is 2. The maximum absolute atomic E-state index is 14.4. The van der Waals surface area contributed by atoms with Crippen molar-refractivity contribution < 1.29 is 23.9 Å². The summed E-state index contributed by atoms with van der Waals surface area (Å²) in [5, 5.41) is 8.61. The lowest BCUT2D eigenvalue weighted by atomic mass is 9.84. The molecule has 2 aliphatic carbocycles. The Morgan fingerprint density at radius 2 is 1.90 bits per heavy atom. The van der Waals surface area contributed by atoms with E-state index >= 15 is 0 Å². The van der Waals surface area contributed by atoms with E-state index in [1.807, 2.05) is 6.20 Å². The Balaban J connectivity index is 1.17. The number of esters is 1. The number of amides is 2. The number of likely N-dealkylation sites (N-methyl/N-ethyl adjacent to an activating group) is 1. The van der Waals surface area contributed by atoms with Crippen LogP contribution in [0.4, 0.5) is 5.69 Å². The number of benzene rings is 1. The van der Waals surface area contributed by atoms with Crippen molar-refractivity contribution >= 4 is 45.7 Å². The molecule has 3 aromatic heterocycles. The molecule has 1 aromatic carbocycles. The summed E-state index contributed by atoms with van der Waals surface area (Å²) in [5.74, 6) is 0.0173. The molecule has 6 heterocycles. The molecule has 1 unspecified atom stereocenters. The average molecular weight is 837 g/mol. The number of carbonyl (C=O) groups excluding carboxylic acids is 3. The van der Waals surface area contributed by atoms with E-state index in [0.717, 1.165) is 94.5 Å². The molecule has 2 N–H and O–H groups in total. The van der Waals surface area contributed by atoms with Crippen LogP contribution < -0.4 is 15.6 Å². The number of methoxy groups -OCH3 is 1. The van der Waals surface area contributed by atoms with Crippen molar-refractivity contribution in [3.8, 4) is 22.5 Å². The van der Waals surface area contributed by atoms with Crippen LogP contribution in [0.2, 0.25) is 0 Å². The molecule has 4 aromatic rings. The Morgan fingerprint density at radius 3 is 2.62 bits per heavy atom. The monoisotopic (exact) mass is 836 g/mol. The van der Waals surface area contributed by atoms with Crippen molar-refractivity contribution in [3.05, 3.63) is 52.1 Å². The van der Waals surface area contributed by atoms with Gasteiger partial charge in [-0.1, -0.05) is 33.8 Å². The van der Waals surface area contributed by atoms with Crippen molar-refractivity contribution in [2.24, 2.45) is 35.0 Å². The highest BCUT2D eigenvalue weighted by Crippen LogP contribution is 2.47. The molecule has 320 valence electrons. The summed E-state index contributed by atoms with van der Waals surface area (Å²) in [7, 11) is 3.90. The summed E-state index contributed by atoms with van der Waals surface area (Å²) >= 11 is 1.50. The molecule has 3 aliphatic heterocycles. The number of pyridine rings is 1. The minimum absolute atomic E-state index is 0.103. The van der Waals surface area contributed by atoms with Gasteiger partial charge in [0.1, 0.15) is 12.1 Å². The number of thiazole rings is 1. The Bertz CT molecular complexity index is 2310. The molecular formula is C46H60N8O5S. The van der Waals surface area contributed by atoms with E-state index < -0.39 is 17.5 Å². The van der Waals surface area contributed by atoms with Gasteiger partial charge in [-0.3, -0.25) is 24.4 Å². The van der Waals surface area contributed by atoms with Crippen LogP contribution in [-0.4, -0.2) is 108 Å². The number of aromatic nitrogens is 3. The molecular weight excluding hydrogens is 777 g/mol. The number of piperazine rings is 1. The van der Waals surface area contributed by atoms with Crippen LogP contribution in [-0.2, 0) is 43.2 Å². The highest BCUT2D eigenvalue weighted by Gasteiger charge is 2.54. The smallest absolute Gasteiger partial charge is 0.325 e. The second-order valence-electron chi connectivity index (χ2n) is 18.9. The van der Waals surface area contributed by atoms with Gasteiger partial charge in [-0.15, -0.1) is 11.3 Å².